The Labute approximate surface area is 165 Å². The van der Waals surface area contributed by atoms with E-state index in [4.69, 9.17) is 4.74 Å². The van der Waals surface area contributed by atoms with Crippen molar-refractivity contribution in [2.75, 3.05) is 37.0 Å². The van der Waals surface area contributed by atoms with Crippen LogP contribution in [-0.2, 0) is 4.79 Å². The maximum atomic E-state index is 14.7. The summed E-state index contributed by atoms with van der Waals surface area (Å²) in [5.74, 6) is 1.36. The highest BCUT2D eigenvalue weighted by Gasteiger charge is 2.28. The first-order valence-corrected chi connectivity index (χ1v) is 9.54. The van der Waals surface area contributed by atoms with Crippen LogP contribution in [0.5, 0.6) is 5.75 Å². The molecule has 1 aliphatic heterocycles. The molecule has 0 bridgehead atoms. The van der Waals surface area contributed by atoms with E-state index in [2.05, 4.69) is 9.97 Å². The molecule has 150 valence electrons. The van der Waals surface area contributed by atoms with Crippen molar-refractivity contribution < 1.29 is 13.9 Å². The number of hydrogen-bond acceptors (Lipinski definition) is 6. The zero-order valence-corrected chi connectivity index (χ0v) is 16.9. The Kier molecular flexibility index (Phi) is 6.11. The Morgan fingerprint density at radius 2 is 2.04 bits per heavy atom. The predicted octanol–water partition coefficient (Wildman–Crippen LogP) is 3.42. The van der Waals surface area contributed by atoms with Gasteiger partial charge in [0, 0.05) is 33.5 Å². The summed E-state index contributed by atoms with van der Waals surface area (Å²) in [6, 6.07) is 7.88. The van der Waals surface area contributed by atoms with Crippen molar-refractivity contribution in [3.63, 3.8) is 0 Å². The van der Waals surface area contributed by atoms with Crippen molar-refractivity contribution in [2.45, 2.75) is 38.7 Å². The van der Waals surface area contributed by atoms with Crippen LogP contribution in [0.2, 0.25) is 0 Å². The Balaban J connectivity index is 1.62. The summed E-state index contributed by atoms with van der Waals surface area (Å²) in [5.41, 5.74) is 1.12. The fourth-order valence-electron chi connectivity index (χ4n) is 3.52. The molecular weight excluding hydrogens is 359 g/mol. The fraction of sp³-hybridized carbons (Fsp3) is 0.476. The van der Waals surface area contributed by atoms with Crippen molar-refractivity contribution in [3.8, 4) is 5.75 Å². The Bertz CT molecular complexity index is 826. The van der Waals surface area contributed by atoms with Gasteiger partial charge in [0.05, 0.1) is 6.54 Å². The lowest BCUT2D eigenvalue weighted by Crippen LogP contribution is -2.27. The molecule has 0 unspecified atom stereocenters. The number of aromatic nitrogens is 2. The van der Waals surface area contributed by atoms with Crippen molar-refractivity contribution in [3.05, 3.63) is 42.0 Å². The molecule has 2 heterocycles. The lowest BCUT2D eigenvalue weighted by molar-refractivity contribution is -0.117. The third-order valence-corrected chi connectivity index (χ3v) is 4.97. The number of Topliss-reactive ketones (excluding diaryl/α,β-unsaturated/α-hetero) is 1. The van der Waals surface area contributed by atoms with Gasteiger partial charge in [0.15, 0.2) is 11.6 Å². The first-order valence-electron chi connectivity index (χ1n) is 9.54. The molecule has 0 amide bonds. The van der Waals surface area contributed by atoms with Gasteiger partial charge in [0.2, 0.25) is 5.82 Å². The summed E-state index contributed by atoms with van der Waals surface area (Å²) in [6.07, 6.45) is 2.70. The lowest BCUT2D eigenvalue weighted by Gasteiger charge is -2.21. The largest absolute Gasteiger partial charge is 0.489 e. The SMILES string of the molecule is CC(=O)C[C@@H](C)c1ccc(O[C@@H]2CCN(c3ncnc(N(C)C)c3F)C2)cc1. The smallest absolute Gasteiger partial charge is 0.208 e. The van der Waals surface area contributed by atoms with Gasteiger partial charge in [-0.2, -0.15) is 4.39 Å². The quantitative estimate of drug-likeness (QED) is 0.727. The van der Waals surface area contributed by atoms with E-state index in [1.54, 1.807) is 25.9 Å². The number of carbonyl (C=O) groups excluding carboxylic acids is 1. The summed E-state index contributed by atoms with van der Waals surface area (Å²) in [4.78, 5) is 23.0. The van der Waals surface area contributed by atoms with Gasteiger partial charge >= 0.3 is 0 Å². The standard InChI is InChI=1S/C21H27FN4O2/c1-14(11-15(2)27)16-5-7-17(8-6-16)28-18-9-10-26(12-18)21-19(22)20(25(3)4)23-13-24-21/h5-8,13-14,18H,9-12H2,1-4H3/t14-,18-/m1/s1. The maximum absolute atomic E-state index is 14.7. The van der Waals surface area contributed by atoms with Crippen molar-refractivity contribution in [2.24, 2.45) is 0 Å². The van der Waals surface area contributed by atoms with Crippen LogP contribution < -0.4 is 14.5 Å². The molecule has 0 spiro atoms. The van der Waals surface area contributed by atoms with Gasteiger partial charge in [-0.3, -0.25) is 0 Å². The minimum Gasteiger partial charge on any atom is -0.489 e. The molecule has 28 heavy (non-hydrogen) atoms. The van der Waals surface area contributed by atoms with Crippen LogP contribution in [0.3, 0.4) is 0 Å². The molecule has 3 rings (SSSR count). The van der Waals surface area contributed by atoms with Gasteiger partial charge in [-0.05, 0) is 30.5 Å². The third-order valence-electron chi connectivity index (χ3n) is 4.97. The highest BCUT2D eigenvalue weighted by molar-refractivity contribution is 5.76. The Hall–Kier alpha value is -2.70. The average Bonchev–Trinajstić information content (AvgIpc) is 3.10. The van der Waals surface area contributed by atoms with Gasteiger partial charge in [-0.15, -0.1) is 0 Å². The van der Waals surface area contributed by atoms with Gasteiger partial charge in [-0.25, -0.2) is 9.97 Å². The molecule has 7 heteroatoms. The van der Waals surface area contributed by atoms with E-state index in [9.17, 15) is 9.18 Å². The van der Waals surface area contributed by atoms with Crippen LogP contribution in [0.4, 0.5) is 16.0 Å². The van der Waals surface area contributed by atoms with Crippen LogP contribution in [0.25, 0.3) is 0 Å². The third kappa shape index (κ3) is 4.58. The Morgan fingerprint density at radius 3 is 2.68 bits per heavy atom. The molecule has 2 atom stereocenters. The molecule has 1 aliphatic rings. The van der Waals surface area contributed by atoms with Crippen molar-refractivity contribution in [1.29, 1.82) is 0 Å². The van der Waals surface area contributed by atoms with Crippen molar-refractivity contribution in [1.82, 2.24) is 9.97 Å². The molecule has 1 aromatic heterocycles. The van der Waals surface area contributed by atoms with Gasteiger partial charge in [0.25, 0.3) is 0 Å². The maximum Gasteiger partial charge on any atom is 0.208 e. The van der Waals surface area contributed by atoms with Gasteiger partial charge in [0.1, 0.15) is 24.0 Å². The van der Waals surface area contributed by atoms with Crippen LogP contribution in [-0.4, -0.2) is 49.0 Å². The van der Waals surface area contributed by atoms with E-state index >= 15 is 0 Å². The molecule has 6 nitrogen and oxygen atoms in total. The van der Waals surface area contributed by atoms with E-state index in [1.807, 2.05) is 36.1 Å². The number of ketones is 1. The molecule has 1 fully saturated rings. The molecular formula is C21H27FN4O2. The second-order valence-corrected chi connectivity index (χ2v) is 7.58. The number of benzene rings is 1. The molecule has 1 saturated heterocycles. The number of ether oxygens (including phenoxy) is 1. The number of halogens is 1. The summed E-state index contributed by atoms with van der Waals surface area (Å²) >= 11 is 0. The highest BCUT2D eigenvalue weighted by Crippen LogP contribution is 2.28. The monoisotopic (exact) mass is 386 g/mol. The van der Waals surface area contributed by atoms with Crippen LogP contribution >= 0.6 is 0 Å². The summed E-state index contributed by atoms with van der Waals surface area (Å²) in [5, 5.41) is 0. The molecule has 2 aromatic rings. The van der Waals surface area contributed by atoms with Crippen LogP contribution in [0.15, 0.2) is 30.6 Å². The number of carbonyl (C=O) groups is 1. The van der Waals surface area contributed by atoms with Crippen LogP contribution in [0, 0.1) is 5.82 Å². The van der Waals surface area contributed by atoms with Crippen molar-refractivity contribution >= 4 is 17.4 Å². The highest BCUT2D eigenvalue weighted by atomic mass is 19.1. The first kappa shape index (κ1) is 20.0. The molecule has 1 aromatic carbocycles. The van der Waals surface area contributed by atoms with E-state index in [0.29, 0.717) is 25.3 Å². The summed E-state index contributed by atoms with van der Waals surface area (Å²) < 4.78 is 20.7. The average molecular weight is 386 g/mol. The van der Waals surface area contributed by atoms with E-state index < -0.39 is 5.82 Å². The molecule has 0 aliphatic carbocycles. The fourth-order valence-corrected chi connectivity index (χ4v) is 3.52. The predicted molar refractivity (Wildman–Crippen MR) is 108 cm³/mol. The molecule has 0 saturated carbocycles. The Morgan fingerprint density at radius 1 is 1.32 bits per heavy atom. The minimum atomic E-state index is -0.406. The normalized spacial score (nSPS) is 17.5. The second-order valence-electron chi connectivity index (χ2n) is 7.58. The van der Waals surface area contributed by atoms with E-state index in [1.165, 1.54) is 6.33 Å². The summed E-state index contributed by atoms with van der Waals surface area (Å²) in [7, 11) is 3.51. The number of hydrogen-bond donors (Lipinski definition) is 0. The minimum absolute atomic E-state index is 0.0299. The van der Waals surface area contributed by atoms with E-state index in [-0.39, 0.29) is 23.6 Å². The van der Waals surface area contributed by atoms with Gasteiger partial charge < -0.3 is 19.3 Å². The molecule has 0 radical (unpaired) electrons. The lowest BCUT2D eigenvalue weighted by atomic mass is 9.96. The number of nitrogens with zero attached hydrogens (tertiary/aromatic N) is 4. The first-order chi connectivity index (χ1) is 13.3. The van der Waals surface area contributed by atoms with E-state index in [0.717, 1.165) is 17.7 Å². The van der Waals surface area contributed by atoms with Gasteiger partial charge in [-0.1, -0.05) is 19.1 Å². The molecule has 0 N–H and O–H groups in total. The topological polar surface area (TPSA) is 58.6 Å². The van der Waals surface area contributed by atoms with Crippen LogP contribution in [0.1, 0.15) is 38.2 Å². The summed E-state index contributed by atoms with van der Waals surface area (Å²) in [6.45, 7) is 4.91. The number of anilines is 2. The zero-order chi connectivity index (χ0) is 20.3. The zero-order valence-electron chi connectivity index (χ0n) is 16.9. The second kappa shape index (κ2) is 8.54. The number of rotatable bonds is 7.